The first-order chi connectivity index (χ1) is 17.3. The van der Waals surface area contributed by atoms with Crippen LogP contribution in [0.25, 0.3) is 0 Å². The zero-order valence-corrected chi connectivity index (χ0v) is 20.8. The molecular formula is C25H23F3O8S. The molecule has 1 fully saturated rings. The monoisotopic (exact) mass is 540 g/mol. The molecule has 1 aliphatic heterocycles. The molecule has 1 saturated heterocycles. The summed E-state index contributed by atoms with van der Waals surface area (Å²) in [7, 11) is 0. The highest BCUT2D eigenvalue weighted by molar-refractivity contribution is 7.99. The zero-order valence-electron chi connectivity index (χ0n) is 19.9. The van der Waals surface area contributed by atoms with Gasteiger partial charge in [0, 0.05) is 36.8 Å². The highest BCUT2D eigenvalue weighted by atomic mass is 32.2. The van der Waals surface area contributed by atoms with Crippen molar-refractivity contribution in [3.05, 3.63) is 65.2 Å². The van der Waals surface area contributed by atoms with Gasteiger partial charge in [-0.3, -0.25) is 19.2 Å². The molecule has 0 amide bonds. The number of benzene rings is 2. The number of rotatable bonds is 7. The minimum absolute atomic E-state index is 0.0969. The molecule has 0 aromatic heterocycles. The van der Waals surface area contributed by atoms with Crippen molar-refractivity contribution in [2.75, 3.05) is 6.61 Å². The van der Waals surface area contributed by atoms with Crippen LogP contribution in [0, 0.1) is 0 Å². The summed E-state index contributed by atoms with van der Waals surface area (Å²) in [5.74, 6) is -2.43. The van der Waals surface area contributed by atoms with Gasteiger partial charge in [0.1, 0.15) is 5.44 Å². The second-order valence-electron chi connectivity index (χ2n) is 8.04. The van der Waals surface area contributed by atoms with Gasteiger partial charge in [0.05, 0.1) is 12.2 Å². The van der Waals surface area contributed by atoms with Gasteiger partial charge in [-0.25, -0.2) is 0 Å². The number of ether oxygens (including phenoxy) is 4. The minimum Gasteiger partial charge on any atom is -0.456 e. The second kappa shape index (κ2) is 11.8. The van der Waals surface area contributed by atoms with Gasteiger partial charge < -0.3 is 18.9 Å². The number of hydrogen-bond acceptors (Lipinski definition) is 9. The lowest BCUT2D eigenvalue weighted by atomic mass is 10.0. The van der Waals surface area contributed by atoms with Gasteiger partial charge in [-0.15, -0.1) is 0 Å². The summed E-state index contributed by atoms with van der Waals surface area (Å²) >= 11 is 1.12. The van der Waals surface area contributed by atoms with E-state index in [0.29, 0.717) is 4.90 Å². The van der Waals surface area contributed by atoms with E-state index in [1.54, 1.807) is 12.1 Å². The number of carbonyl (C=O) groups excluding carboxylic acids is 4. The van der Waals surface area contributed by atoms with E-state index >= 15 is 0 Å². The molecule has 0 aliphatic carbocycles. The van der Waals surface area contributed by atoms with Gasteiger partial charge in [0.2, 0.25) is 0 Å². The number of thioether (sulfide) groups is 1. The fraction of sp³-hybridized carbons (Fsp3) is 0.360. The molecular weight excluding hydrogens is 517 g/mol. The van der Waals surface area contributed by atoms with Crippen LogP contribution in [0.1, 0.15) is 42.3 Å². The van der Waals surface area contributed by atoms with Gasteiger partial charge in [-0.1, -0.05) is 23.9 Å². The van der Waals surface area contributed by atoms with Gasteiger partial charge in [-0.2, -0.15) is 13.2 Å². The van der Waals surface area contributed by atoms with E-state index in [4.69, 9.17) is 18.9 Å². The summed E-state index contributed by atoms with van der Waals surface area (Å²) in [5, 5.41) is 0. The molecule has 2 aromatic carbocycles. The van der Waals surface area contributed by atoms with Crippen LogP contribution in [0.4, 0.5) is 13.2 Å². The topological polar surface area (TPSA) is 105 Å². The van der Waals surface area contributed by atoms with E-state index in [1.807, 2.05) is 0 Å². The van der Waals surface area contributed by atoms with Crippen LogP contribution in [-0.2, 0) is 39.5 Å². The Morgan fingerprint density at radius 3 is 1.76 bits per heavy atom. The van der Waals surface area contributed by atoms with Crippen LogP contribution in [0.15, 0.2) is 53.4 Å². The molecule has 198 valence electrons. The highest BCUT2D eigenvalue weighted by Crippen LogP contribution is 2.35. The Balaban J connectivity index is 1.77. The maximum absolute atomic E-state index is 12.8. The predicted molar refractivity (Wildman–Crippen MR) is 124 cm³/mol. The molecule has 4 atom stereocenters. The van der Waals surface area contributed by atoms with E-state index < -0.39 is 59.2 Å². The number of hydrogen-bond donors (Lipinski definition) is 0. The molecule has 1 heterocycles. The Morgan fingerprint density at radius 2 is 1.27 bits per heavy atom. The molecule has 0 bridgehead atoms. The van der Waals surface area contributed by atoms with Gasteiger partial charge in [0.15, 0.2) is 24.1 Å². The normalized spacial score (nSPS) is 21.6. The van der Waals surface area contributed by atoms with Crippen molar-refractivity contribution in [3.8, 4) is 0 Å². The van der Waals surface area contributed by atoms with Crippen LogP contribution in [0.3, 0.4) is 0 Å². The van der Waals surface area contributed by atoms with Crippen molar-refractivity contribution in [1.82, 2.24) is 0 Å². The summed E-state index contributed by atoms with van der Waals surface area (Å²) in [4.78, 5) is 48.2. The number of alkyl halides is 3. The molecule has 3 rings (SSSR count). The van der Waals surface area contributed by atoms with Crippen LogP contribution in [0.2, 0.25) is 0 Å². The Morgan fingerprint density at radius 1 is 0.784 bits per heavy atom. The summed E-state index contributed by atoms with van der Waals surface area (Å²) in [6.07, 6.45) is -7.72. The molecule has 0 radical (unpaired) electrons. The molecule has 2 aromatic rings. The number of halogens is 3. The standard InChI is InChI=1S/C25H23F3O8S/c1-13(29)34-20-12-33-24(23(36-15(3)31)22(20)35-14(2)30)37-19-10-6-17(7-11-19)21(32)16-4-8-18(9-5-16)25(26,27)28/h4-11,20,22-24H,12H2,1-3H3/t20-,22+,23-,24+/m1/s1. The van der Waals surface area contributed by atoms with Gasteiger partial charge >= 0.3 is 24.1 Å². The molecule has 0 saturated carbocycles. The zero-order chi connectivity index (χ0) is 27.3. The van der Waals surface area contributed by atoms with E-state index in [0.717, 1.165) is 36.0 Å². The minimum atomic E-state index is -4.50. The Kier molecular flexibility index (Phi) is 8.98. The largest absolute Gasteiger partial charge is 0.456 e. The predicted octanol–water partition coefficient (Wildman–Crippen LogP) is 4.18. The van der Waals surface area contributed by atoms with Gasteiger partial charge in [0.25, 0.3) is 0 Å². The van der Waals surface area contributed by atoms with Crippen LogP contribution in [-0.4, -0.2) is 54.0 Å². The quantitative estimate of drug-likeness (QED) is 0.291. The fourth-order valence-corrected chi connectivity index (χ4v) is 4.66. The SMILES string of the molecule is CC(=O)O[C@@H]1[C@@H](OC(C)=O)[C@H](Sc2ccc(C(=O)c3ccc(C(F)(F)F)cc3)cc2)OC[C@H]1OC(C)=O. The number of esters is 3. The lowest BCUT2D eigenvalue weighted by Gasteiger charge is -2.40. The van der Waals surface area contributed by atoms with E-state index in [9.17, 15) is 32.3 Å². The lowest BCUT2D eigenvalue weighted by Crippen LogP contribution is -2.56. The number of carbonyl (C=O) groups is 4. The highest BCUT2D eigenvalue weighted by Gasteiger charge is 2.47. The van der Waals surface area contributed by atoms with Crippen LogP contribution >= 0.6 is 11.8 Å². The first-order valence-corrected chi connectivity index (χ1v) is 11.8. The maximum atomic E-state index is 12.8. The van der Waals surface area contributed by atoms with Crippen molar-refractivity contribution >= 4 is 35.5 Å². The summed E-state index contributed by atoms with van der Waals surface area (Å²) in [6, 6.07) is 10.1. The van der Waals surface area contributed by atoms with Crippen molar-refractivity contribution in [2.45, 2.75) is 55.6 Å². The average Bonchev–Trinajstić information content (AvgIpc) is 2.81. The second-order valence-corrected chi connectivity index (χ2v) is 9.22. The summed E-state index contributed by atoms with van der Waals surface area (Å²) in [6.45, 7) is 3.39. The molecule has 0 N–H and O–H groups in total. The third-order valence-electron chi connectivity index (χ3n) is 5.15. The third kappa shape index (κ3) is 7.56. The smallest absolute Gasteiger partial charge is 0.416 e. The van der Waals surface area contributed by atoms with Crippen molar-refractivity contribution in [3.63, 3.8) is 0 Å². The summed E-state index contributed by atoms with van der Waals surface area (Å²) in [5.41, 5.74) is -1.36. The molecule has 0 unspecified atom stereocenters. The summed E-state index contributed by atoms with van der Waals surface area (Å²) < 4.78 is 59.9. The Hall–Kier alpha value is -3.38. The van der Waals surface area contributed by atoms with Gasteiger partial charge in [-0.05, 0) is 36.4 Å². The lowest BCUT2D eigenvalue weighted by molar-refractivity contribution is -0.213. The van der Waals surface area contributed by atoms with E-state index in [-0.39, 0.29) is 17.7 Å². The third-order valence-corrected chi connectivity index (χ3v) is 6.33. The molecule has 0 spiro atoms. The first-order valence-electron chi connectivity index (χ1n) is 11.0. The van der Waals surface area contributed by atoms with Crippen LogP contribution in [0.5, 0.6) is 0 Å². The first kappa shape index (κ1) is 28.2. The van der Waals surface area contributed by atoms with Crippen molar-refractivity contribution in [1.29, 1.82) is 0 Å². The van der Waals surface area contributed by atoms with Crippen LogP contribution < -0.4 is 0 Å². The Labute approximate surface area is 214 Å². The molecule has 1 aliphatic rings. The van der Waals surface area contributed by atoms with E-state index in [2.05, 4.69) is 0 Å². The van der Waals surface area contributed by atoms with E-state index in [1.165, 1.54) is 32.9 Å². The molecule has 37 heavy (non-hydrogen) atoms. The fourth-order valence-electron chi connectivity index (χ4n) is 3.61. The number of ketones is 1. The Bertz CT molecular complexity index is 1150. The molecule has 8 nitrogen and oxygen atoms in total. The van der Waals surface area contributed by atoms with Crippen molar-refractivity contribution < 1.29 is 51.3 Å². The maximum Gasteiger partial charge on any atom is 0.416 e. The molecule has 12 heteroatoms. The van der Waals surface area contributed by atoms with Crippen molar-refractivity contribution in [2.24, 2.45) is 0 Å². The average molecular weight is 541 g/mol.